The van der Waals surface area contributed by atoms with Gasteiger partial charge < -0.3 is 5.73 Å². The molecule has 1 rings (SSSR count). The summed E-state index contributed by atoms with van der Waals surface area (Å²) < 4.78 is 38.2. The Morgan fingerprint density at radius 3 is 2.39 bits per heavy atom. The molecule has 0 aliphatic heterocycles. The number of hydrogen-bond acceptors (Lipinski definition) is 1. The van der Waals surface area contributed by atoms with E-state index in [-0.39, 0.29) is 12.4 Å². The first kappa shape index (κ1) is 17.5. The molecule has 18 heavy (non-hydrogen) atoms. The van der Waals surface area contributed by atoms with Crippen molar-refractivity contribution in [1.29, 1.82) is 0 Å². The third-order valence-corrected chi connectivity index (χ3v) is 2.70. The van der Waals surface area contributed by atoms with Crippen LogP contribution in [0.5, 0.6) is 0 Å². The highest BCUT2D eigenvalue weighted by molar-refractivity contribution is 9.10. The van der Waals surface area contributed by atoms with Gasteiger partial charge in [-0.05, 0) is 37.1 Å². The molecule has 0 radical (unpaired) electrons. The number of halogens is 5. The van der Waals surface area contributed by atoms with Crippen LogP contribution >= 0.6 is 28.3 Å². The molecule has 1 aromatic carbocycles. The van der Waals surface area contributed by atoms with E-state index in [1.165, 1.54) is 0 Å². The van der Waals surface area contributed by atoms with Gasteiger partial charge in [0, 0.05) is 10.5 Å². The van der Waals surface area contributed by atoms with Crippen molar-refractivity contribution in [3.63, 3.8) is 0 Å². The second kappa shape index (κ2) is 6.59. The van der Waals surface area contributed by atoms with Crippen LogP contribution in [0, 0.1) is 0 Å². The van der Waals surface area contributed by atoms with Crippen molar-refractivity contribution in [3.8, 4) is 0 Å². The molecule has 0 amide bonds. The first-order valence-corrected chi connectivity index (χ1v) is 5.77. The quantitative estimate of drug-likeness (QED) is 0.779. The van der Waals surface area contributed by atoms with Gasteiger partial charge in [0.2, 0.25) is 0 Å². The Labute approximate surface area is 119 Å². The molecule has 2 N–H and O–H groups in total. The van der Waals surface area contributed by atoms with Crippen molar-refractivity contribution in [2.24, 2.45) is 5.73 Å². The predicted octanol–water partition coefficient (Wildman–Crippen LogP) is 4.86. The first-order chi connectivity index (χ1) is 7.70. The van der Waals surface area contributed by atoms with Crippen molar-refractivity contribution >= 4 is 28.3 Å². The van der Waals surface area contributed by atoms with Crippen LogP contribution in [0.2, 0.25) is 0 Å². The van der Waals surface area contributed by atoms with Gasteiger partial charge in [-0.25, -0.2) is 0 Å². The van der Waals surface area contributed by atoms with E-state index in [9.17, 15) is 13.2 Å². The lowest BCUT2D eigenvalue weighted by Crippen LogP contribution is -2.13. The van der Waals surface area contributed by atoms with Crippen LogP contribution < -0.4 is 5.73 Å². The molecular formula is C12H14BrClF3N. The van der Waals surface area contributed by atoms with Gasteiger partial charge in [0.1, 0.15) is 0 Å². The molecule has 0 aliphatic rings. The summed E-state index contributed by atoms with van der Waals surface area (Å²) in [5.41, 5.74) is 6.42. The van der Waals surface area contributed by atoms with Crippen molar-refractivity contribution in [2.45, 2.75) is 25.6 Å². The van der Waals surface area contributed by atoms with Gasteiger partial charge in [-0.2, -0.15) is 13.2 Å². The van der Waals surface area contributed by atoms with Crippen LogP contribution in [0.3, 0.4) is 0 Å². The molecule has 0 aliphatic carbocycles. The van der Waals surface area contributed by atoms with E-state index in [0.29, 0.717) is 16.5 Å². The molecular weight excluding hydrogens is 330 g/mol. The van der Waals surface area contributed by atoms with E-state index in [1.54, 1.807) is 13.0 Å². The zero-order valence-corrected chi connectivity index (χ0v) is 12.1. The van der Waals surface area contributed by atoms with Crippen LogP contribution in [-0.4, -0.2) is 0 Å². The molecule has 1 atom stereocenters. The molecule has 1 nitrogen and oxygen atoms in total. The van der Waals surface area contributed by atoms with Crippen molar-refractivity contribution < 1.29 is 13.2 Å². The zero-order valence-electron chi connectivity index (χ0n) is 9.72. The normalized spacial score (nSPS) is 12.8. The molecule has 0 unspecified atom stereocenters. The maximum Gasteiger partial charge on any atom is 0.416 e. The Hall–Kier alpha value is -0.520. The summed E-state index contributed by atoms with van der Waals surface area (Å²) in [7, 11) is 0. The lowest BCUT2D eigenvalue weighted by Gasteiger charge is -2.15. The van der Waals surface area contributed by atoms with Crippen LogP contribution in [0.4, 0.5) is 13.2 Å². The molecule has 0 aromatic heterocycles. The summed E-state index contributed by atoms with van der Waals surface area (Å²) in [6.07, 6.45) is -3.89. The highest BCUT2D eigenvalue weighted by Crippen LogP contribution is 2.33. The van der Waals surface area contributed by atoms with Crippen molar-refractivity contribution in [1.82, 2.24) is 0 Å². The Morgan fingerprint density at radius 1 is 1.39 bits per heavy atom. The average molecular weight is 345 g/mol. The summed E-state index contributed by atoms with van der Waals surface area (Å²) in [6, 6.07) is 3.25. The van der Waals surface area contributed by atoms with Gasteiger partial charge in [-0.1, -0.05) is 21.5 Å². The molecule has 0 spiro atoms. The minimum Gasteiger partial charge on any atom is -0.324 e. The fraction of sp³-hybridized carbons (Fsp3) is 0.333. The average Bonchev–Trinajstić information content (AvgIpc) is 2.14. The number of benzene rings is 1. The van der Waals surface area contributed by atoms with Gasteiger partial charge in [0.25, 0.3) is 0 Å². The van der Waals surface area contributed by atoms with Crippen LogP contribution in [0.1, 0.15) is 30.5 Å². The smallest absolute Gasteiger partial charge is 0.324 e. The Balaban J connectivity index is 0.00000289. The van der Waals surface area contributed by atoms with E-state index < -0.39 is 17.8 Å². The van der Waals surface area contributed by atoms with Crippen molar-refractivity contribution in [3.05, 3.63) is 46.0 Å². The minimum absolute atomic E-state index is 0. The van der Waals surface area contributed by atoms with Crippen LogP contribution in [0.15, 0.2) is 34.8 Å². The monoisotopic (exact) mass is 343 g/mol. The SMILES string of the molecule is C=C(C)C[C@H](N)c1cc(Br)cc(C(F)(F)F)c1.Cl. The lowest BCUT2D eigenvalue weighted by molar-refractivity contribution is -0.137. The van der Waals surface area contributed by atoms with Crippen molar-refractivity contribution in [2.75, 3.05) is 0 Å². The molecule has 0 saturated carbocycles. The molecule has 0 bridgehead atoms. The first-order valence-electron chi connectivity index (χ1n) is 4.98. The van der Waals surface area contributed by atoms with E-state index in [1.807, 2.05) is 0 Å². The van der Waals surface area contributed by atoms with Crippen LogP contribution in [-0.2, 0) is 6.18 Å². The number of hydrogen-bond donors (Lipinski definition) is 1. The Kier molecular flexibility index (Phi) is 6.40. The van der Waals surface area contributed by atoms with Gasteiger partial charge in [0.15, 0.2) is 0 Å². The fourth-order valence-corrected chi connectivity index (χ4v) is 1.99. The summed E-state index contributed by atoms with van der Waals surface area (Å²) in [5, 5.41) is 0. The third kappa shape index (κ3) is 5.00. The fourth-order valence-electron chi connectivity index (χ4n) is 1.48. The zero-order chi connectivity index (χ0) is 13.2. The maximum absolute atomic E-state index is 12.6. The van der Waals surface area contributed by atoms with E-state index in [2.05, 4.69) is 22.5 Å². The molecule has 6 heteroatoms. The molecule has 102 valence electrons. The summed E-state index contributed by atoms with van der Waals surface area (Å²) >= 11 is 3.06. The Bertz CT molecular complexity index is 432. The van der Waals surface area contributed by atoms with E-state index >= 15 is 0 Å². The van der Waals surface area contributed by atoms with Gasteiger partial charge in [-0.3, -0.25) is 0 Å². The Morgan fingerprint density at radius 2 is 1.94 bits per heavy atom. The minimum atomic E-state index is -4.36. The van der Waals surface area contributed by atoms with Gasteiger partial charge in [0.05, 0.1) is 5.56 Å². The van der Waals surface area contributed by atoms with Crippen LogP contribution in [0.25, 0.3) is 0 Å². The molecule has 0 fully saturated rings. The number of nitrogens with two attached hydrogens (primary N) is 1. The summed E-state index contributed by atoms with van der Waals surface area (Å²) in [5.74, 6) is 0. The largest absolute Gasteiger partial charge is 0.416 e. The lowest BCUT2D eigenvalue weighted by atomic mass is 9.99. The van der Waals surface area contributed by atoms with Gasteiger partial charge in [-0.15, -0.1) is 19.0 Å². The number of alkyl halides is 3. The molecule has 0 heterocycles. The summed E-state index contributed by atoms with van der Waals surface area (Å²) in [6.45, 7) is 5.49. The standard InChI is InChI=1S/C12H13BrF3N.ClH/c1-7(2)3-11(17)8-4-9(12(14,15)16)6-10(13)5-8;/h4-6,11H,1,3,17H2,2H3;1H/t11-;/m0./s1. The maximum atomic E-state index is 12.6. The molecule has 0 saturated heterocycles. The van der Waals surface area contributed by atoms with Gasteiger partial charge >= 0.3 is 6.18 Å². The second-order valence-corrected chi connectivity index (χ2v) is 4.95. The van der Waals surface area contributed by atoms with E-state index in [4.69, 9.17) is 5.73 Å². The highest BCUT2D eigenvalue weighted by Gasteiger charge is 2.31. The number of rotatable bonds is 3. The van der Waals surface area contributed by atoms with E-state index in [0.717, 1.165) is 17.7 Å². The topological polar surface area (TPSA) is 26.0 Å². The molecule has 1 aromatic rings. The highest BCUT2D eigenvalue weighted by atomic mass is 79.9. The third-order valence-electron chi connectivity index (χ3n) is 2.24. The predicted molar refractivity (Wildman–Crippen MR) is 72.8 cm³/mol. The summed E-state index contributed by atoms with van der Waals surface area (Å²) in [4.78, 5) is 0. The second-order valence-electron chi connectivity index (χ2n) is 4.04.